The predicted octanol–water partition coefficient (Wildman–Crippen LogP) is 0.769. The first-order valence-electron chi connectivity index (χ1n) is 3.68. The number of sulfonamides is 1. The van der Waals surface area contributed by atoms with Crippen LogP contribution in [-0.4, -0.2) is 17.5 Å². The van der Waals surface area contributed by atoms with Crippen LogP contribution in [0.3, 0.4) is 0 Å². The quantitative estimate of drug-likeness (QED) is 0.498. The molecule has 0 aliphatic heterocycles. The van der Waals surface area contributed by atoms with Crippen molar-refractivity contribution in [2.75, 3.05) is 0 Å². The Hall–Kier alpha value is -1.27. The van der Waals surface area contributed by atoms with E-state index in [0.717, 1.165) is 0 Å². The highest BCUT2D eigenvalue weighted by Crippen LogP contribution is 2.23. The number of rotatable bonds is 3. The summed E-state index contributed by atoms with van der Waals surface area (Å²) in [7, 11) is -3.84. The van der Waals surface area contributed by atoms with E-state index in [1.807, 2.05) is 0 Å². The fourth-order valence-corrected chi connectivity index (χ4v) is 1.63. The summed E-state index contributed by atoms with van der Waals surface area (Å²) in [6, 6.07) is 0. The fourth-order valence-electron chi connectivity index (χ4n) is 0.559. The van der Waals surface area contributed by atoms with Gasteiger partial charge in [-0.1, -0.05) is 6.92 Å². The summed E-state index contributed by atoms with van der Waals surface area (Å²) in [5.74, 6) is 0. The SMILES string of the molecule is CCC(C)(C)S(=O)(=O)N(C#N)C#N. The molecular weight excluding hydrogens is 190 g/mol. The standard InChI is InChI=1S/C7H11N3O2S/c1-4-7(2,3)13(11,12)10(5-8)6-9/h4H2,1-3H3. The first kappa shape index (κ1) is 11.7. The van der Waals surface area contributed by atoms with Gasteiger partial charge in [0, 0.05) is 0 Å². The van der Waals surface area contributed by atoms with Crippen LogP contribution in [0.4, 0.5) is 0 Å². The zero-order valence-electron chi connectivity index (χ0n) is 7.77. The van der Waals surface area contributed by atoms with Gasteiger partial charge in [-0.05, 0) is 20.3 Å². The van der Waals surface area contributed by atoms with E-state index in [9.17, 15) is 8.42 Å². The summed E-state index contributed by atoms with van der Waals surface area (Å²) in [4.78, 5) is 0. The van der Waals surface area contributed by atoms with Gasteiger partial charge >= 0.3 is 0 Å². The molecule has 0 aromatic rings. The molecule has 0 unspecified atom stereocenters. The highest BCUT2D eigenvalue weighted by atomic mass is 32.2. The second-order valence-electron chi connectivity index (χ2n) is 3.08. The molecule has 0 rings (SSSR count). The van der Waals surface area contributed by atoms with E-state index in [0.29, 0.717) is 6.42 Å². The Bertz CT molecular complexity index is 344. The average molecular weight is 201 g/mol. The lowest BCUT2D eigenvalue weighted by molar-refractivity contribution is 0.504. The van der Waals surface area contributed by atoms with Gasteiger partial charge in [0.05, 0.1) is 4.75 Å². The average Bonchev–Trinajstić information content (AvgIpc) is 2.06. The molecule has 0 atom stereocenters. The Morgan fingerprint density at radius 2 is 1.69 bits per heavy atom. The van der Waals surface area contributed by atoms with Crippen molar-refractivity contribution in [3.8, 4) is 12.4 Å². The minimum Gasteiger partial charge on any atom is -0.204 e. The third kappa shape index (κ3) is 1.90. The van der Waals surface area contributed by atoms with Gasteiger partial charge < -0.3 is 0 Å². The third-order valence-corrected chi connectivity index (χ3v) is 4.30. The maximum atomic E-state index is 11.5. The van der Waals surface area contributed by atoms with Gasteiger partial charge in [0.1, 0.15) is 0 Å². The molecule has 0 saturated heterocycles. The van der Waals surface area contributed by atoms with Crippen LogP contribution in [0, 0.1) is 22.9 Å². The summed E-state index contributed by atoms with van der Waals surface area (Å²) >= 11 is 0. The molecule has 0 aromatic carbocycles. The lowest BCUT2D eigenvalue weighted by atomic mass is 10.1. The minimum atomic E-state index is -3.84. The Labute approximate surface area is 78.2 Å². The fraction of sp³-hybridized carbons (Fsp3) is 0.714. The van der Waals surface area contributed by atoms with E-state index in [1.54, 1.807) is 6.92 Å². The van der Waals surface area contributed by atoms with Crippen LogP contribution in [0.1, 0.15) is 27.2 Å². The lowest BCUT2D eigenvalue weighted by Crippen LogP contribution is -2.39. The summed E-state index contributed by atoms with van der Waals surface area (Å²) < 4.78 is 22.1. The zero-order valence-corrected chi connectivity index (χ0v) is 8.59. The van der Waals surface area contributed by atoms with Gasteiger partial charge in [-0.3, -0.25) is 0 Å². The molecule has 0 amide bonds. The van der Waals surface area contributed by atoms with Crippen LogP contribution in [0.15, 0.2) is 0 Å². The molecule has 5 nitrogen and oxygen atoms in total. The molecule has 0 saturated carbocycles. The van der Waals surface area contributed by atoms with Crippen LogP contribution < -0.4 is 0 Å². The molecule has 6 heteroatoms. The third-order valence-electron chi connectivity index (χ3n) is 1.97. The summed E-state index contributed by atoms with van der Waals surface area (Å²) in [6.07, 6.45) is 2.98. The van der Waals surface area contributed by atoms with Crippen LogP contribution in [0.5, 0.6) is 0 Å². The molecule has 13 heavy (non-hydrogen) atoms. The maximum Gasteiger partial charge on any atom is 0.261 e. The minimum absolute atomic E-state index is 0.135. The first-order chi connectivity index (χ1) is 5.83. The van der Waals surface area contributed by atoms with Crippen LogP contribution in [-0.2, 0) is 10.0 Å². The molecule has 0 radical (unpaired) electrons. The van der Waals surface area contributed by atoms with Crippen LogP contribution in [0.25, 0.3) is 0 Å². The van der Waals surface area contributed by atoms with Gasteiger partial charge in [0.15, 0.2) is 0 Å². The second-order valence-corrected chi connectivity index (χ2v) is 5.50. The van der Waals surface area contributed by atoms with Crippen molar-refractivity contribution in [2.45, 2.75) is 31.9 Å². The van der Waals surface area contributed by atoms with E-state index < -0.39 is 14.8 Å². The number of hydrogen-bond acceptors (Lipinski definition) is 4. The van der Waals surface area contributed by atoms with Crippen molar-refractivity contribution in [2.24, 2.45) is 0 Å². The number of nitriles is 2. The summed E-state index contributed by atoms with van der Waals surface area (Å²) in [6.45, 7) is 4.64. The molecule has 0 heterocycles. The summed E-state index contributed by atoms with van der Waals surface area (Å²) in [5, 5.41) is 16.8. The molecule has 0 N–H and O–H groups in total. The Morgan fingerprint density at radius 1 is 1.31 bits per heavy atom. The first-order valence-corrected chi connectivity index (χ1v) is 5.12. The van der Waals surface area contributed by atoms with Crippen LogP contribution in [0.2, 0.25) is 0 Å². The Kier molecular flexibility index (Phi) is 3.27. The monoisotopic (exact) mass is 201 g/mol. The molecule has 72 valence electrons. The second kappa shape index (κ2) is 3.63. The maximum absolute atomic E-state index is 11.5. The predicted molar refractivity (Wildman–Crippen MR) is 46.4 cm³/mol. The smallest absolute Gasteiger partial charge is 0.204 e. The highest BCUT2D eigenvalue weighted by Gasteiger charge is 2.38. The molecular formula is C7H11N3O2S. The molecule has 0 aliphatic rings. The van der Waals surface area contributed by atoms with Gasteiger partial charge in [-0.2, -0.15) is 10.5 Å². The topological polar surface area (TPSA) is 85.0 Å². The normalized spacial score (nSPS) is 11.5. The largest absolute Gasteiger partial charge is 0.261 e. The van der Waals surface area contributed by atoms with Gasteiger partial charge in [0.25, 0.3) is 10.0 Å². The van der Waals surface area contributed by atoms with E-state index >= 15 is 0 Å². The zero-order chi connectivity index (χ0) is 10.7. The Balaban J connectivity index is 5.26. The van der Waals surface area contributed by atoms with Gasteiger partial charge in [-0.25, -0.2) is 8.42 Å². The highest BCUT2D eigenvalue weighted by molar-refractivity contribution is 7.90. The van der Waals surface area contributed by atoms with E-state index in [-0.39, 0.29) is 4.31 Å². The summed E-state index contributed by atoms with van der Waals surface area (Å²) in [5.41, 5.74) is 0. The van der Waals surface area contributed by atoms with Crippen molar-refractivity contribution in [1.82, 2.24) is 4.31 Å². The van der Waals surface area contributed by atoms with E-state index in [2.05, 4.69) is 0 Å². The molecule has 0 aromatic heterocycles. The van der Waals surface area contributed by atoms with Crippen molar-refractivity contribution in [3.63, 3.8) is 0 Å². The van der Waals surface area contributed by atoms with Crippen molar-refractivity contribution >= 4 is 10.0 Å². The van der Waals surface area contributed by atoms with Crippen LogP contribution >= 0.6 is 0 Å². The van der Waals surface area contributed by atoms with E-state index in [1.165, 1.54) is 26.2 Å². The van der Waals surface area contributed by atoms with Crippen molar-refractivity contribution < 1.29 is 8.42 Å². The molecule has 0 aliphatic carbocycles. The van der Waals surface area contributed by atoms with E-state index in [4.69, 9.17) is 10.5 Å². The molecule has 0 spiro atoms. The van der Waals surface area contributed by atoms with Gasteiger partial charge in [-0.15, -0.1) is 4.31 Å². The van der Waals surface area contributed by atoms with Gasteiger partial charge in [0.2, 0.25) is 12.4 Å². The molecule has 0 fully saturated rings. The lowest BCUT2D eigenvalue weighted by Gasteiger charge is -2.23. The number of nitrogens with zero attached hydrogens (tertiary/aromatic N) is 3. The van der Waals surface area contributed by atoms with Crippen molar-refractivity contribution in [1.29, 1.82) is 10.5 Å². The molecule has 0 bridgehead atoms. The Morgan fingerprint density at radius 3 is 1.92 bits per heavy atom. The van der Waals surface area contributed by atoms with Crippen molar-refractivity contribution in [3.05, 3.63) is 0 Å². The number of hydrogen-bond donors (Lipinski definition) is 0.